The van der Waals surface area contributed by atoms with Crippen LogP contribution >= 0.6 is 11.6 Å². The van der Waals surface area contributed by atoms with Gasteiger partial charge in [-0.2, -0.15) is 0 Å². The van der Waals surface area contributed by atoms with Gasteiger partial charge in [-0.05, 0) is 49.9 Å². The van der Waals surface area contributed by atoms with Gasteiger partial charge in [-0.15, -0.1) is 0 Å². The van der Waals surface area contributed by atoms with Crippen LogP contribution in [0, 0.1) is 0 Å². The summed E-state index contributed by atoms with van der Waals surface area (Å²) in [7, 11) is 1.97. The van der Waals surface area contributed by atoms with Gasteiger partial charge in [0.1, 0.15) is 11.7 Å². The SMILES string of the molecule is CN1C=C2C(=O)N(C3CCN(C(=O)[C@H]4CCCN4C(=O)Nc4ccc(Cl)cc4)CC3)CN2C1. The van der Waals surface area contributed by atoms with E-state index in [0.29, 0.717) is 43.4 Å². The van der Waals surface area contributed by atoms with E-state index in [1.54, 1.807) is 29.2 Å². The van der Waals surface area contributed by atoms with Gasteiger partial charge in [0.25, 0.3) is 5.91 Å². The third-order valence-corrected chi connectivity index (χ3v) is 7.24. The highest BCUT2D eigenvalue weighted by atomic mass is 35.5. The lowest BCUT2D eigenvalue weighted by molar-refractivity contribution is -0.137. The molecule has 4 amide bonds. The average molecular weight is 473 g/mol. The fourth-order valence-electron chi connectivity index (χ4n) is 5.27. The number of likely N-dealkylation sites (tertiary alicyclic amines) is 2. The summed E-state index contributed by atoms with van der Waals surface area (Å²) in [6, 6.07) is 6.38. The van der Waals surface area contributed by atoms with Crippen LogP contribution in [0.3, 0.4) is 0 Å². The van der Waals surface area contributed by atoms with E-state index in [9.17, 15) is 14.4 Å². The minimum absolute atomic E-state index is 0.00917. The molecule has 5 rings (SSSR count). The molecule has 0 radical (unpaired) electrons. The van der Waals surface area contributed by atoms with Crippen molar-refractivity contribution in [3.8, 4) is 0 Å². The average Bonchev–Trinajstić information content (AvgIpc) is 3.51. The number of hydrogen-bond donors (Lipinski definition) is 1. The predicted octanol–water partition coefficient (Wildman–Crippen LogP) is 2.17. The number of piperidine rings is 1. The summed E-state index contributed by atoms with van der Waals surface area (Å²) >= 11 is 5.91. The van der Waals surface area contributed by atoms with Crippen LogP contribution in [0.4, 0.5) is 10.5 Å². The van der Waals surface area contributed by atoms with E-state index in [1.807, 2.05) is 27.9 Å². The van der Waals surface area contributed by atoms with Crippen molar-refractivity contribution in [2.24, 2.45) is 0 Å². The van der Waals surface area contributed by atoms with Gasteiger partial charge in [-0.25, -0.2) is 4.79 Å². The number of amides is 4. The number of halogens is 1. The topological polar surface area (TPSA) is 79.4 Å². The molecular weight excluding hydrogens is 444 g/mol. The summed E-state index contributed by atoms with van der Waals surface area (Å²) in [5, 5.41) is 3.47. The van der Waals surface area contributed by atoms with Crippen molar-refractivity contribution in [3.05, 3.63) is 41.2 Å². The highest BCUT2D eigenvalue weighted by Crippen LogP contribution is 2.30. The second-order valence-electron chi connectivity index (χ2n) is 9.21. The first kappa shape index (κ1) is 21.9. The molecule has 3 saturated heterocycles. The summed E-state index contributed by atoms with van der Waals surface area (Å²) in [5.74, 6) is 0.0971. The molecule has 10 heteroatoms. The molecule has 4 aliphatic heterocycles. The van der Waals surface area contributed by atoms with E-state index in [1.165, 1.54) is 0 Å². The molecule has 33 heavy (non-hydrogen) atoms. The standard InChI is InChI=1S/C23H29ClN6O3/c1-26-13-20-22(32)30(15-28(20)14-26)18-8-11-27(12-9-18)21(31)19-3-2-10-29(19)23(33)25-17-6-4-16(24)5-7-17/h4-7,13,18-19H,2-3,8-12,14-15H2,1H3,(H,25,33)/t19-/m1/s1. The van der Waals surface area contributed by atoms with E-state index in [2.05, 4.69) is 10.2 Å². The maximum absolute atomic E-state index is 13.3. The first-order chi connectivity index (χ1) is 15.9. The largest absolute Gasteiger partial charge is 0.361 e. The fourth-order valence-corrected chi connectivity index (χ4v) is 5.39. The summed E-state index contributed by atoms with van der Waals surface area (Å²) in [6.07, 6.45) is 4.91. The van der Waals surface area contributed by atoms with Gasteiger partial charge in [0.15, 0.2) is 0 Å². The van der Waals surface area contributed by atoms with Crippen molar-refractivity contribution in [1.82, 2.24) is 24.5 Å². The van der Waals surface area contributed by atoms with E-state index < -0.39 is 6.04 Å². The van der Waals surface area contributed by atoms with Gasteiger partial charge in [-0.3, -0.25) is 9.59 Å². The maximum Gasteiger partial charge on any atom is 0.322 e. The van der Waals surface area contributed by atoms with E-state index in [-0.39, 0.29) is 23.9 Å². The third-order valence-electron chi connectivity index (χ3n) is 6.99. The number of benzene rings is 1. The van der Waals surface area contributed by atoms with Gasteiger partial charge in [0.05, 0.1) is 13.3 Å². The van der Waals surface area contributed by atoms with Crippen LogP contribution in [-0.2, 0) is 9.59 Å². The Morgan fingerprint density at radius 2 is 1.76 bits per heavy atom. The number of hydrogen-bond acceptors (Lipinski definition) is 5. The van der Waals surface area contributed by atoms with E-state index >= 15 is 0 Å². The lowest BCUT2D eigenvalue weighted by atomic mass is 10.0. The third kappa shape index (κ3) is 4.21. The number of nitrogens with zero attached hydrogens (tertiary/aromatic N) is 5. The number of carbonyl (C=O) groups is 3. The van der Waals surface area contributed by atoms with Crippen molar-refractivity contribution in [2.45, 2.75) is 37.8 Å². The molecule has 0 aromatic heterocycles. The Morgan fingerprint density at radius 3 is 2.45 bits per heavy atom. The molecule has 0 spiro atoms. The van der Waals surface area contributed by atoms with Crippen LogP contribution in [0.25, 0.3) is 0 Å². The number of fused-ring (bicyclic) bond motifs is 1. The number of urea groups is 1. The zero-order valence-corrected chi connectivity index (χ0v) is 19.5. The number of anilines is 1. The second kappa shape index (κ2) is 8.78. The highest BCUT2D eigenvalue weighted by molar-refractivity contribution is 6.30. The van der Waals surface area contributed by atoms with Crippen molar-refractivity contribution >= 4 is 35.1 Å². The van der Waals surface area contributed by atoms with Crippen molar-refractivity contribution in [2.75, 3.05) is 45.3 Å². The normalized spacial score (nSPS) is 23.3. The second-order valence-corrected chi connectivity index (χ2v) is 9.65. The molecule has 4 aliphatic rings. The highest BCUT2D eigenvalue weighted by Gasteiger charge is 2.42. The molecule has 1 aromatic carbocycles. The van der Waals surface area contributed by atoms with Gasteiger partial charge in [0, 0.05) is 49.6 Å². The van der Waals surface area contributed by atoms with Gasteiger partial charge in [0.2, 0.25) is 5.91 Å². The van der Waals surface area contributed by atoms with E-state index in [4.69, 9.17) is 11.6 Å². The summed E-state index contributed by atoms with van der Waals surface area (Å²) in [5.41, 5.74) is 1.42. The van der Waals surface area contributed by atoms with E-state index in [0.717, 1.165) is 31.6 Å². The molecular formula is C23H29ClN6O3. The van der Waals surface area contributed by atoms with Crippen LogP contribution in [0.5, 0.6) is 0 Å². The Morgan fingerprint density at radius 1 is 1.03 bits per heavy atom. The Labute approximate surface area is 198 Å². The summed E-state index contributed by atoms with van der Waals surface area (Å²) in [6.45, 7) is 3.14. The molecule has 0 unspecified atom stereocenters. The fraction of sp³-hybridized carbons (Fsp3) is 0.522. The molecule has 0 aliphatic carbocycles. The van der Waals surface area contributed by atoms with Crippen LogP contribution in [0.2, 0.25) is 5.02 Å². The van der Waals surface area contributed by atoms with Gasteiger partial charge >= 0.3 is 6.03 Å². The quantitative estimate of drug-likeness (QED) is 0.729. The Bertz CT molecular complexity index is 975. The van der Waals surface area contributed by atoms with Crippen LogP contribution < -0.4 is 5.32 Å². The molecule has 1 N–H and O–H groups in total. The zero-order chi connectivity index (χ0) is 23.1. The lowest BCUT2D eigenvalue weighted by Gasteiger charge is -2.38. The van der Waals surface area contributed by atoms with Crippen LogP contribution in [-0.4, -0.2) is 94.4 Å². The first-order valence-electron chi connectivity index (χ1n) is 11.5. The van der Waals surface area contributed by atoms with Crippen molar-refractivity contribution < 1.29 is 14.4 Å². The summed E-state index contributed by atoms with van der Waals surface area (Å²) in [4.78, 5) is 48.5. The monoisotopic (exact) mass is 472 g/mol. The Hall–Kier alpha value is -2.94. The van der Waals surface area contributed by atoms with Gasteiger partial charge in [-0.1, -0.05) is 11.6 Å². The predicted molar refractivity (Wildman–Crippen MR) is 124 cm³/mol. The minimum atomic E-state index is -0.437. The molecule has 9 nitrogen and oxygen atoms in total. The zero-order valence-electron chi connectivity index (χ0n) is 18.7. The molecule has 3 fully saturated rings. The van der Waals surface area contributed by atoms with Crippen LogP contribution in [0.1, 0.15) is 25.7 Å². The minimum Gasteiger partial charge on any atom is -0.361 e. The number of nitrogens with one attached hydrogen (secondary N) is 1. The number of rotatable bonds is 3. The Kier molecular flexibility index (Phi) is 5.82. The van der Waals surface area contributed by atoms with Crippen molar-refractivity contribution in [3.63, 3.8) is 0 Å². The van der Waals surface area contributed by atoms with Gasteiger partial charge < -0.3 is 29.8 Å². The summed E-state index contributed by atoms with van der Waals surface area (Å²) < 4.78 is 0. The lowest BCUT2D eigenvalue weighted by Crippen LogP contribution is -2.53. The van der Waals surface area contributed by atoms with Crippen molar-refractivity contribution in [1.29, 1.82) is 0 Å². The maximum atomic E-state index is 13.3. The molecule has 4 heterocycles. The van der Waals surface area contributed by atoms with Crippen LogP contribution in [0.15, 0.2) is 36.2 Å². The molecule has 1 atom stereocenters. The number of carbonyl (C=O) groups excluding carboxylic acids is 3. The molecule has 0 saturated carbocycles. The molecule has 176 valence electrons. The molecule has 0 bridgehead atoms. The first-order valence-corrected chi connectivity index (χ1v) is 11.9. The smallest absolute Gasteiger partial charge is 0.322 e. The Balaban J connectivity index is 1.16. The molecule has 1 aromatic rings.